The van der Waals surface area contributed by atoms with Crippen LogP contribution in [0.4, 0.5) is 0 Å². The minimum atomic E-state index is -0.624. The highest BCUT2D eigenvalue weighted by Crippen LogP contribution is 2.42. The second-order valence-electron chi connectivity index (χ2n) is 4.97. The molecule has 0 aromatic heterocycles. The zero-order valence-corrected chi connectivity index (χ0v) is 12.5. The van der Waals surface area contributed by atoms with Crippen LogP contribution in [0.5, 0.6) is 17.2 Å². The highest BCUT2D eigenvalue weighted by Gasteiger charge is 2.33. The number of aromatic hydroxyl groups is 1. The van der Waals surface area contributed by atoms with E-state index in [2.05, 4.69) is 0 Å². The number of aliphatic hydroxyl groups is 1. The Morgan fingerprint density at radius 3 is 2.05 bits per heavy atom. The first-order valence-corrected chi connectivity index (χ1v) is 6.47. The van der Waals surface area contributed by atoms with Crippen molar-refractivity contribution in [2.45, 2.75) is 31.4 Å². The summed E-state index contributed by atoms with van der Waals surface area (Å²) in [5.41, 5.74) is 6.76. The van der Waals surface area contributed by atoms with Crippen LogP contribution in [-0.2, 0) is 0 Å². The molecule has 1 aromatic carbocycles. The van der Waals surface area contributed by atoms with Crippen molar-refractivity contribution < 1.29 is 19.7 Å². The van der Waals surface area contributed by atoms with E-state index in [1.807, 2.05) is 0 Å². The molecule has 2 rings (SSSR count). The molecule has 1 aliphatic rings. The van der Waals surface area contributed by atoms with E-state index in [1.54, 1.807) is 0 Å². The van der Waals surface area contributed by atoms with Crippen LogP contribution in [0.15, 0.2) is 12.1 Å². The number of benzene rings is 1. The Morgan fingerprint density at radius 1 is 1.20 bits per heavy atom. The Morgan fingerprint density at radius 2 is 1.70 bits per heavy atom. The first-order valence-electron chi connectivity index (χ1n) is 6.47. The van der Waals surface area contributed by atoms with Gasteiger partial charge in [0.25, 0.3) is 0 Å². The molecule has 6 heteroatoms. The van der Waals surface area contributed by atoms with Gasteiger partial charge in [0.2, 0.25) is 0 Å². The summed E-state index contributed by atoms with van der Waals surface area (Å²) in [6, 6.07) is 2.37. The maximum atomic E-state index is 10.3. The van der Waals surface area contributed by atoms with Gasteiger partial charge in [-0.25, -0.2) is 0 Å². The quantitative estimate of drug-likeness (QED) is 0.774. The van der Waals surface area contributed by atoms with E-state index >= 15 is 0 Å². The molecule has 4 N–H and O–H groups in total. The summed E-state index contributed by atoms with van der Waals surface area (Å²) in [4.78, 5) is 0. The van der Waals surface area contributed by atoms with E-state index in [1.165, 1.54) is 26.4 Å². The normalized spacial score (nSPS) is 17.6. The van der Waals surface area contributed by atoms with Crippen molar-refractivity contribution in [2.24, 2.45) is 11.7 Å². The molecule has 114 valence electrons. The lowest BCUT2D eigenvalue weighted by Crippen LogP contribution is -2.36. The minimum Gasteiger partial charge on any atom is -0.508 e. The second-order valence-corrected chi connectivity index (χ2v) is 4.97. The predicted molar refractivity (Wildman–Crippen MR) is 78.7 cm³/mol. The molecule has 0 spiro atoms. The van der Waals surface area contributed by atoms with Crippen LogP contribution in [-0.4, -0.2) is 30.5 Å². The van der Waals surface area contributed by atoms with Crippen LogP contribution in [0.2, 0.25) is 0 Å². The summed E-state index contributed by atoms with van der Waals surface area (Å²) in [6.07, 6.45) is 2.51. The average Bonchev–Trinajstić information content (AvgIpc) is 2.34. The maximum absolute atomic E-state index is 10.3. The summed E-state index contributed by atoms with van der Waals surface area (Å²) in [5, 5.41) is 19.9. The summed E-state index contributed by atoms with van der Waals surface area (Å²) in [6.45, 7) is 0. The van der Waals surface area contributed by atoms with Gasteiger partial charge in [0, 0.05) is 12.1 Å². The second kappa shape index (κ2) is 7.02. The lowest BCUT2D eigenvalue weighted by Gasteiger charge is -2.34. The molecular weight excluding hydrogens is 282 g/mol. The zero-order chi connectivity index (χ0) is 14.0. The number of nitrogens with two attached hydrogens (primary N) is 1. The summed E-state index contributed by atoms with van der Waals surface area (Å²) < 4.78 is 10.5. The van der Waals surface area contributed by atoms with E-state index in [9.17, 15) is 10.2 Å². The van der Waals surface area contributed by atoms with E-state index in [-0.39, 0.29) is 24.1 Å². The molecule has 0 heterocycles. The van der Waals surface area contributed by atoms with Gasteiger partial charge in [0.1, 0.15) is 17.2 Å². The Kier molecular flexibility index (Phi) is 5.92. The average molecular weight is 304 g/mol. The number of halogens is 1. The molecule has 0 radical (unpaired) electrons. The number of phenolic OH excluding ortho intramolecular Hbond substituents is 1. The van der Waals surface area contributed by atoms with Crippen molar-refractivity contribution in [3.05, 3.63) is 17.7 Å². The van der Waals surface area contributed by atoms with Crippen LogP contribution in [0.1, 0.15) is 30.9 Å². The Hall–Kier alpha value is -1.17. The van der Waals surface area contributed by atoms with Crippen molar-refractivity contribution >= 4 is 12.4 Å². The molecule has 0 aliphatic heterocycles. The third-order valence-corrected chi connectivity index (χ3v) is 3.86. The zero-order valence-electron chi connectivity index (χ0n) is 11.7. The van der Waals surface area contributed by atoms with Gasteiger partial charge in [0.15, 0.2) is 0 Å². The van der Waals surface area contributed by atoms with Gasteiger partial charge >= 0.3 is 0 Å². The van der Waals surface area contributed by atoms with Gasteiger partial charge < -0.3 is 25.4 Å². The molecule has 2 atom stereocenters. The van der Waals surface area contributed by atoms with Crippen molar-refractivity contribution in [1.29, 1.82) is 0 Å². The van der Waals surface area contributed by atoms with Crippen molar-refractivity contribution in [3.8, 4) is 17.2 Å². The monoisotopic (exact) mass is 303 g/mol. The van der Waals surface area contributed by atoms with Gasteiger partial charge in [-0.2, -0.15) is 0 Å². The molecule has 1 fully saturated rings. The molecule has 20 heavy (non-hydrogen) atoms. The molecule has 0 unspecified atom stereocenters. The number of rotatable bonds is 5. The molecule has 0 amide bonds. The van der Waals surface area contributed by atoms with E-state index in [0.29, 0.717) is 17.1 Å². The molecule has 0 bridgehead atoms. The smallest absolute Gasteiger partial charge is 0.131 e. The van der Waals surface area contributed by atoms with Crippen molar-refractivity contribution in [2.75, 3.05) is 14.2 Å². The van der Waals surface area contributed by atoms with Crippen LogP contribution in [0.25, 0.3) is 0 Å². The molecule has 1 saturated carbocycles. The number of hydrogen-bond acceptors (Lipinski definition) is 5. The van der Waals surface area contributed by atoms with Crippen molar-refractivity contribution in [1.82, 2.24) is 0 Å². The number of ether oxygens (including phenoxy) is 2. The summed E-state index contributed by atoms with van der Waals surface area (Å²) >= 11 is 0. The molecule has 0 saturated heterocycles. The van der Waals surface area contributed by atoms with Gasteiger partial charge in [-0.15, -0.1) is 12.4 Å². The molecule has 1 aliphatic carbocycles. The molecular formula is C14H22ClNO4. The van der Waals surface area contributed by atoms with Gasteiger partial charge in [0.05, 0.1) is 31.9 Å². The fourth-order valence-corrected chi connectivity index (χ4v) is 2.50. The third-order valence-electron chi connectivity index (χ3n) is 3.86. The fraction of sp³-hybridized carbons (Fsp3) is 0.571. The summed E-state index contributed by atoms with van der Waals surface area (Å²) in [7, 11) is 3.00. The molecule has 1 aromatic rings. The lowest BCUT2D eigenvalue weighted by atomic mass is 9.77. The van der Waals surface area contributed by atoms with Gasteiger partial charge in [-0.3, -0.25) is 0 Å². The van der Waals surface area contributed by atoms with Crippen LogP contribution in [0, 0.1) is 5.92 Å². The Labute approximate surface area is 125 Å². The van der Waals surface area contributed by atoms with E-state index in [0.717, 1.165) is 19.3 Å². The first-order chi connectivity index (χ1) is 9.08. The van der Waals surface area contributed by atoms with Crippen LogP contribution >= 0.6 is 12.4 Å². The first kappa shape index (κ1) is 16.9. The van der Waals surface area contributed by atoms with Crippen LogP contribution < -0.4 is 15.2 Å². The largest absolute Gasteiger partial charge is 0.508 e. The number of phenols is 1. The minimum absolute atomic E-state index is 0. The number of methoxy groups -OCH3 is 2. The molecule has 5 nitrogen and oxygen atoms in total. The van der Waals surface area contributed by atoms with Gasteiger partial charge in [-0.05, 0) is 18.8 Å². The van der Waals surface area contributed by atoms with Crippen LogP contribution in [0.3, 0.4) is 0 Å². The number of aliphatic hydroxyl groups excluding tert-OH is 1. The van der Waals surface area contributed by atoms with Gasteiger partial charge in [-0.1, -0.05) is 6.42 Å². The predicted octanol–water partition coefficient (Wildman–Crippen LogP) is 1.99. The van der Waals surface area contributed by atoms with Crippen molar-refractivity contribution in [3.63, 3.8) is 0 Å². The lowest BCUT2D eigenvalue weighted by molar-refractivity contribution is 0.0401. The Bertz CT molecular complexity index is 426. The highest BCUT2D eigenvalue weighted by molar-refractivity contribution is 5.85. The van der Waals surface area contributed by atoms with E-state index < -0.39 is 12.1 Å². The standard InChI is InChI=1S/C14H21NO4.ClH/c1-18-10-6-9(16)7-11(19-2)12(10)13(15)14(17)8-4-3-5-8;/h6-8,13-14,16-17H,3-5,15H2,1-2H3;1H/t13-,14+;/m0./s1. The SMILES string of the molecule is COc1cc(O)cc(OC)c1[C@H](N)[C@H](O)C1CCC1.Cl. The summed E-state index contributed by atoms with van der Waals surface area (Å²) in [5.74, 6) is 1.14. The Balaban J connectivity index is 0.00000200. The third kappa shape index (κ3) is 3.11. The highest BCUT2D eigenvalue weighted by atomic mass is 35.5. The fourth-order valence-electron chi connectivity index (χ4n) is 2.50. The topological polar surface area (TPSA) is 84.9 Å². The number of hydrogen-bond donors (Lipinski definition) is 3. The van der Waals surface area contributed by atoms with E-state index in [4.69, 9.17) is 15.2 Å². The maximum Gasteiger partial charge on any atom is 0.131 e.